The summed E-state index contributed by atoms with van der Waals surface area (Å²) in [6.07, 6.45) is -0.499. The fourth-order valence-electron chi connectivity index (χ4n) is 1.60. The van der Waals surface area contributed by atoms with Crippen molar-refractivity contribution in [3.63, 3.8) is 0 Å². The van der Waals surface area contributed by atoms with E-state index in [0.717, 1.165) is 16.2 Å². The Morgan fingerprint density at radius 3 is 2.19 bits per heavy atom. The summed E-state index contributed by atoms with van der Waals surface area (Å²) in [6.45, 7) is 7.79. The summed E-state index contributed by atoms with van der Waals surface area (Å²) >= 11 is 0. The fraction of sp³-hybridized carbons (Fsp3) is 0.500. The quantitative estimate of drug-likeness (QED) is 0.856. The summed E-state index contributed by atoms with van der Waals surface area (Å²) in [5.74, 6) is 0.447. The van der Waals surface area contributed by atoms with E-state index >= 15 is 0 Å². The second-order valence-corrected chi connectivity index (χ2v) is 5.69. The number of benzene rings is 1. The Labute approximate surface area is 125 Å². The highest BCUT2D eigenvalue weighted by molar-refractivity contribution is 5.92. The molecule has 0 fully saturated rings. The maximum absolute atomic E-state index is 12.0. The molecule has 116 valence electrons. The molecule has 2 amide bonds. The van der Waals surface area contributed by atoms with Crippen LogP contribution in [-0.2, 0) is 16.0 Å². The molecular formula is C16H23NO4. The molecule has 5 nitrogen and oxygen atoms in total. The van der Waals surface area contributed by atoms with Crippen LogP contribution in [0.2, 0.25) is 0 Å². The molecule has 0 aliphatic heterocycles. The van der Waals surface area contributed by atoms with E-state index in [4.69, 9.17) is 9.47 Å². The molecule has 0 atom stereocenters. The van der Waals surface area contributed by atoms with Crippen LogP contribution >= 0.6 is 0 Å². The third kappa shape index (κ3) is 5.85. The molecule has 21 heavy (non-hydrogen) atoms. The van der Waals surface area contributed by atoms with Crippen LogP contribution in [0.25, 0.3) is 0 Å². The molecule has 0 heterocycles. The van der Waals surface area contributed by atoms with E-state index in [1.165, 1.54) is 7.05 Å². The summed E-state index contributed by atoms with van der Waals surface area (Å²) in [4.78, 5) is 24.8. The molecule has 0 aliphatic carbocycles. The predicted octanol–water partition coefficient (Wildman–Crippen LogP) is 3.02. The third-order valence-corrected chi connectivity index (χ3v) is 2.63. The number of imide groups is 1. The SMILES string of the molecule is CCOc1ccc(CC(=O)N(C)C(=O)OC(C)(C)C)cc1. The molecule has 0 saturated heterocycles. The second-order valence-electron chi connectivity index (χ2n) is 5.69. The van der Waals surface area contributed by atoms with Crippen molar-refractivity contribution in [1.82, 2.24) is 4.90 Å². The van der Waals surface area contributed by atoms with Gasteiger partial charge in [-0.15, -0.1) is 0 Å². The molecule has 1 aromatic rings. The summed E-state index contributed by atoms with van der Waals surface area (Å²) in [7, 11) is 1.42. The summed E-state index contributed by atoms with van der Waals surface area (Å²) < 4.78 is 10.5. The van der Waals surface area contributed by atoms with Crippen LogP contribution in [0.3, 0.4) is 0 Å². The van der Waals surface area contributed by atoms with Gasteiger partial charge >= 0.3 is 6.09 Å². The molecule has 0 bridgehead atoms. The predicted molar refractivity (Wildman–Crippen MR) is 80.3 cm³/mol. The van der Waals surface area contributed by atoms with Gasteiger partial charge < -0.3 is 9.47 Å². The Morgan fingerprint density at radius 2 is 1.71 bits per heavy atom. The Kier molecular flexibility index (Phi) is 5.76. The number of nitrogens with zero attached hydrogens (tertiary/aromatic N) is 1. The first kappa shape index (κ1) is 17.0. The molecule has 0 saturated carbocycles. The minimum absolute atomic E-state index is 0.141. The van der Waals surface area contributed by atoms with Gasteiger partial charge in [0.2, 0.25) is 5.91 Å². The van der Waals surface area contributed by atoms with Crippen molar-refractivity contribution in [1.29, 1.82) is 0 Å². The Balaban J connectivity index is 2.61. The van der Waals surface area contributed by atoms with Gasteiger partial charge in [-0.3, -0.25) is 9.69 Å². The van der Waals surface area contributed by atoms with Gasteiger partial charge in [-0.1, -0.05) is 12.1 Å². The first-order valence-corrected chi connectivity index (χ1v) is 6.94. The van der Waals surface area contributed by atoms with Gasteiger partial charge in [-0.25, -0.2) is 4.79 Å². The summed E-state index contributed by atoms with van der Waals surface area (Å²) in [6, 6.07) is 7.23. The van der Waals surface area contributed by atoms with Crippen molar-refractivity contribution < 1.29 is 19.1 Å². The molecule has 5 heteroatoms. The smallest absolute Gasteiger partial charge is 0.416 e. The van der Waals surface area contributed by atoms with Crippen molar-refractivity contribution >= 4 is 12.0 Å². The van der Waals surface area contributed by atoms with E-state index in [9.17, 15) is 9.59 Å². The number of carbonyl (C=O) groups excluding carboxylic acids is 2. The molecule has 1 rings (SSSR count). The van der Waals surface area contributed by atoms with Gasteiger partial charge in [0.05, 0.1) is 13.0 Å². The lowest BCUT2D eigenvalue weighted by Crippen LogP contribution is -2.38. The monoisotopic (exact) mass is 293 g/mol. The standard InChI is InChI=1S/C16H23NO4/c1-6-20-13-9-7-12(8-10-13)11-14(18)17(5)15(19)21-16(2,3)4/h7-10H,6,11H2,1-5H3. The van der Waals surface area contributed by atoms with Crippen LogP contribution in [0.1, 0.15) is 33.3 Å². The third-order valence-electron chi connectivity index (χ3n) is 2.63. The molecule has 1 aromatic carbocycles. The minimum Gasteiger partial charge on any atom is -0.494 e. The van der Waals surface area contributed by atoms with E-state index in [1.54, 1.807) is 32.9 Å². The normalized spacial score (nSPS) is 10.9. The van der Waals surface area contributed by atoms with Crippen molar-refractivity contribution in [2.24, 2.45) is 0 Å². The van der Waals surface area contributed by atoms with Gasteiger partial charge in [0.1, 0.15) is 11.4 Å². The van der Waals surface area contributed by atoms with Crippen LogP contribution in [0.4, 0.5) is 4.79 Å². The Morgan fingerprint density at radius 1 is 1.14 bits per heavy atom. The van der Waals surface area contributed by atoms with Crippen LogP contribution in [0.5, 0.6) is 5.75 Å². The van der Waals surface area contributed by atoms with Crippen LogP contribution in [0.15, 0.2) is 24.3 Å². The van der Waals surface area contributed by atoms with E-state index in [1.807, 2.05) is 19.1 Å². The van der Waals surface area contributed by atoms with Crippen molar-refractivity contribution in [2.45, 2.75) is 39.7 Å². The van der Waals surface area contributed by atoms with Gasteiger partial charge in [-0.05, 0) is 45.4 Å². The van der Waals surface area contributed by atoms with E-state index < -0.39 is 11.7 Å². The second kappa shape index (κ2) is 7.11. The molecule has 0 spiro atoms. The van der Waals surface area contributed by atoms with E-state index in [0.29, 0.717) is 6.61 Å². The van der Waals surface area contributed by atoms with Crippen molar-refractivity contribution in [2.75, 3.05) is 13.7 Å². The molecule has 0 radical (unpaired) electrons. The lowest BCUT2D eigenvalue weighted by atomic mass is 10.1. The zero-order valence-electron chi connectivity index (χ0n) is 13.3. The molecule has 0 aliphatic rings. The number of hydrogen-bond donors (Lipinski definition) is 0. The topological polar surface area (TPSA) is 55.8 Å². The van der Waals surface area contributed by atoms with Crippen molar-refractivity contribution in [3.05, 3.63) is 29.8 Å². The number of likely N-dealkylation sites (N-methyl/N-ethyl adjacent to an activating group) is 1. The maximum atomic E-state index is 12.0. The average Bonchev–Trinajstić information content (AvgIpc) is 2.38. The highest BCUT2D eigenvalue weighted by Gasteiger charge is 2.23. The zero-order valence-corrected chi connectivity index (χ0v) is 13.3. The fourth-order valence-corrected chi connectivity index (χ4v) is 1.60. The van der Waals surface area contributed by atoms with Crippen LogP contribution in [-0.4, -0.2) is 36.2 Å². The lowest BCUT2D eigenvalue weighted by molar-refractivity contribution is -0.128. The molecular weight excluding hydrogens is 270 g/mol. The summed E-state index contributed by atoms with van der Waals surface area (Å²) in [5, 5.41) is 0. The maximum Gasteiger partial charge on any atom is 0.416 e. The van der Waals surface area contributed by atoms with Gasteiger partial charge in [0.15, 0.2) is 0 Å². The first-order chi connectivity index (χ1) is 9.73. The van der Waals surface area contributed by atoms with E-state index in [2.05, 4.69) is 0 Å². The first-order valence-electron chi connectivity index (χ1n) is 6.94. The number of amides is 2. The van der Waals surface area contributed by atoms with E-state index in [-0.39, 0.29) is 12.3 Å². The number of rotatable bonds is 4. The lowest BCUT2D eigenvalue weighted by Gasteiger charge is -2.23. The highest BCUT2D eigenvalue weighted by Crippen LogP contribution is 2.14. The number of ether oxygens (including phenoxy) is 2. The minimum atomic E-state index is -0.640. The van der Waals surface area contributed by atoms with Crippen LogP contribution in [0, 0.1) is 0 Å². The highest BCUT2D eigenvalue weighted by atomic mass is 16.6. The number of hydrogen-bond acceptors (Lipinski definition) is 4. The molecule has 0 unspecified atom stereocenters. The van der Waals surface area contributed by atoms with Gasteiger partial charge in [0.25, 0.3) is 0 Å². The Bertz CT molecular complexity index is 488. The number of carbonyl (C=O) groups is 2. The molecule has 0 N–H and O–H groups in total. The zero-order chi connectivity index (χ0) is 16.0. The Hall–Kier alpha value is -2.04. The average molecular weight is 293 g/mol. The summed E-state index contributed by atoms with van der Waals surface area (Å²) in [5.41, 5.74) is 0.198. The largest absolute Gasteiger partial charge is 0.494 e. The van der Waals surface area contributed by atoms with Crippen molar-refractivity contribution in [3.8, 4) is 5.75 Å². The van der Waals surface area contributed by atoms with Gasteiger partial charge in [0, 0.05) is 7.05 Å². The van der Waals surface area contributed by atoms with Crippen LogP contribution < -0.4 is 4.74 Å². The molecule has 0 aromatic heterocycles. The van der Waals surface area contributed by atoms with Gasteiger partial charge in [-0.2, -0.15) is 0 Å².